The second-order valence-electron chi connectivity index (χ2n) is 8.13. The zero-order valence-corrected chi connectivity index (χ0v) is 15.3. The van der Waals surface area contributed by atoms with Crippen LogP contribution in [0.15, 0.2) is 48.5 Å². The first-order valence-corrected chi connectivity index (χ1v) is 9.28. The number of carbonyl (C=O) groups is 1. The molecule has 2 atom stereocenters. The van der Waals surface area contributed by atoms with Crippen LogP contribution in [0.2, 0.25) is 0 Å². The molecule has 1 fully saturated rings. The summed E-state index contributed by atoms with van der Waals surface area (Å²) in [6.45, 7) is 4.28. The van der Waals surface area contributed by atoms with Crippen molar-refractivity contribution < 1.29 is 9.18 Å². The number of para-hydroxylation sites is 2. The van der Waals surface area contributed by atoms with Crippen LogP contribution in [0.1, 0.15) is 44.0 Å². The van der Waals surface area contributed by atoms with Crippen LogP contribution in [-0.4, -0.2) is 15.9 Å². The summed E-state index contributed by atoms with van der Waals surface area (Å²) in [5.41, 5.74) is 3.04. The molecule has 5 heteroatoms. The van der Waals surface area contributed by atoms with E-state index >= 15 is 0 Å². The Bertz CT molecular complexity index is 1080. The standard InChI is InChI=1S/C22H20FN3O/c1-21(2)15-11-12-22(21,20(27)24-14-9-7-13(23)8-10-14)19-18(15)25-16-5-3-4-6-17(16)26-19/h3-10,15H,11-12H2,1-2H3,(H,24,27). The van der Waals surface area contributed by atoms with E-state index in [0.717, 1.165) is 35.3 Å². The van der Waals surface area contributed by atoms with E-state index in [0.29, 0.717) is 5.69 Å². The minimum atomic E-state index is -0.724. The zero-order chi connectivity index (χ0) is 18.8. The number of hydrogen-bond acceptors (Lipinski definition) is 3. The quantitative estimate of drug-likeness (QED) is 0.728. The molecule has 1 N–H and O–H groups in total. The highest BCUT2D eigenvalue weighted by Crippen LogP contribution is 2.67. The van der Waals surface area contributed by atoms with Crippen LogP contribution in [0.5, 0.6) is 0 Å². The van der Waals surface area contributed by atoms with Crippen molar-refractivity contribution in [1.82, 2.24) is 9.97 Å². The molecule has 0 spiro atoms. The van der Waals surface area contributed by atoms with Crippen LogP contribution in [0.25, 0.3) is 11.0 Å². The monoisotopic (exact) mass is 361 g/mol. The van der Waals surface area contributed by atoms with E-state index in [1.54, 1.807) is 12.1 Å². The SMILES string of the molecule is CC1(C)C2CCC1(C(=O)Nc1ccc(F)cc1)c1nc3ccccc3nc12. The Balaban J connectivity index is 1.65. The number of anilines is 1. The van der Waals surface area contributed by atoms with Crippen molar-refractivity contribution in [1.29, 1.82) is 0 Å². The number of nitrogens with zero attached hydrogens (tertiary/aromatic N) is 2. The number of fused-ring (bicyclic) bond motifs is 6. The van der Waals surface area contributed by atoms with Crippen molar-refractivity contribution >= 4 is 22.6 Å². The predicted octanol–water partition coefficient (Wildman–Crippen LogP) is 4.56. The van der Waals surface area contributed by atoms with E-state index in [2.05, 4.69) is 19.2 Å². The van der Waals surface area contributed by atoms with Gasteiger partial charge in [-0.15, -0.1) is 0 Å². The van der Waals surface area contributed by atoms with Gasteiger partial charge >= 0.3 is 0 Å². The average Bonchev–Trinajstić information content (AvgIpc) is 3.03. The summed E-state index contributed by atoms with van der Waals surface area (Å²) in [5, 5.41) is 3.00. The van der Waals surface area contributed by atoms with E-state index < -0.39 is 5.41 Å². The van der Waals surface area contributed by atoms with E-state index in [4.69, 9.17) is 9.97 Å². The summed E-state index contributed by atoms with van der Waals surface area (Å²) in [5.74, 6) is -0.190. The summed E-state index contributed by atoms with van der Waals surface area (Å²) in [6, 6.07) is 13.7. The minimum absolute atomic E-state index is 0.0788. The van der Waals surface area contributed by atoms with Gasteiger partial charge in [0.25, 0.3) is 0 Å². The molecule has 27 heavy (non-hydrogen) atoms. The van der Waals surface area contributed by atoms with E-state index in [1.807, 2.05) is 24.3 Å². The molecule has 0 radical (unpaired) electrons. The number of halogens is 1. The molecule has 2 aromatic carbocycles. The number of aromatic nitrogens is 2. The molecule has 0 aliphatic heterocycles. The highest BCUT2D eigenvalue weighted by atomic mass is 19.1. The summed E-state index contributed by atoms with van der Waals surface area (Å²) >= 11 is 0. The lowest BCUT2D eigenvalue weighted by molar-refractivity contribution is -0.124. The van der Waals surface area contributed by atoms with Crippen molar-refractivity contribution in [2.24, 2.45) is 5.41 Å². The van der Waals surface area contributed by atoms with E-state index in [-0.39, 0.29) is 23.1 Å². The maximum atomic E-state index is 13.5. The van der Waals surface area contributed by atoms with Crippen LogP contribution >= 0.6 is 0 Å². The molecule has 1 amide bonds. The summed E-state index contributed by atoms with van der Waals surface area (Å²) in [6.07, 6.45) is 1.67. The lowest BCUT2D eigenvalue weighted by atomic mass is 9.67. The van der Waals surface area contributed by atoms with Crippen molar-refractivity contribution in [2.45, 2.75) is 38.0 Å². The zero-order valence-electron chi connectivity index (χ0n) is 15.3. The second-order valence-corrected chi connectivity index (χ2v) is 8.13. The number of nitrogens with one attached hydrogen (secondary N) is 1. The molecule has 1 aromatic heterocycles. The third-order valence-electron chi connectivity index (χ3n) is 6.60. The van der Waals surface area contributed by atoms with Crippen molar-refractivity contribution in [2.75, 3.05) is 5.32 Å². The van der Waals surface area contributed by atoms with Gasteiger partial charge in [0, 0.05) is 11.6 Å². The Morgan fingerprint density at radius 3 is 2.44 bits per heavy atom. The normalized spacial score (nSPS) is 24.8. The fourth-order valence-electron chi connectivity index (χ4n) is 5.10. The lowest BCUT2D eigenvalue weighted by Crippen LogP contribution is -2.46. The highest BCUT2D eigenvalue weighted by Gasteiger charge is 2.67. The predicted molar refractivity (Wildman–Crippen MR) is 102 cm³/mol. The van der Waals surface area contributed by atoms with Gasteiger partial charge in [-0.3, -0.25) is 4.79 Å². The molecule has 2 aliphatic carbocycles. The van der Waals surface area contributed by atoms with Crippen molar-refractivity contribution in [3.63, 3.8) is 0 Å². The molecule has 1 heterocycles. The first kappa shape index (κ1) is 16.4. The Hall–Kier alpha value is -2.82. The molecule has 3 aromatic rings. The molecular formula is C22H20FN3O. The third-order valence-corrected chi connectivity index (χ3v) is 6.60. The molecular weight excluding hydrogens is 341 g/mol. The van der Waals surface area contributed by atoms with Gasteiger partial charge in [0.15, 0.2) is 0 Å². The molecule has 4 nitrogen and oxygen atoms in total. The van der Waals surface area contributed by atoms with Gasteiger partial charge in [0.05, 0.1) is 27.8 Å². The van der Waals surface area contributed by atoms with Gasteiger partial charge in [-0.1, -0.05) is 26.0 Å². The smallest absolute Gasteiger partial charge is 0.237 e. The lowest BCUT2D eigenvalue weighted by Gasteiger charge is -2.36. The van der Waals surface area contributed by atoms with Crippen molar-refractivity contribution in [3.05, 3.63) is 65.7 Å². The van der Waals surface area contributed by atoms with Crippen LogP contribution in [0, 0.1) is 11.2 Å². The molecule has 2 aliphatic rings. The minimum Gasteiger partial charge on any atom is -0.325 e. The molecule has 136 valence electrons. The Labute approximate surface area is 156 Å². The molecule has 1 saturated carbocycles. The largest absolute Gasteiger partial charge is 0.325 e. The highest BCUT2D eigenvalue weighted by molar-refractivity contribution is 6.01. The van der Waals surface area contributed by atoms with Gasteiger partial charge < -0.3 is 5.32 Å². The molecule has 2 bridgehead atoms. The summed E-state index contributed by atoms with van der Waals surface area (Å²) < 4.78 is 13.2. The van der Waals surface area contributed by atoms with Gasteiger partial charge in [0.1, 0.15) is 5.82 Å². The van der Waals surface area contributed by atoms with Crippen LogP contribution in [0.4, 0.5) is 10.1 Å². The maximum Gasteiger partial charge on any atom is 0.237 e. The Morgan fingerprint density at radius 1 is 1.07 bits per heavy atom. The van der Waals surface area contributed by atoms with Crippen molar-refractivity contribution in [3.8, 4) is 0 Å². The van der Waals surface area contributed by atoms with Gasteiger partial charge in [0.2, 0.25) is 5.91 Å². The van der Waals surface area contributed by atoms with Crippen LogP contribution < -0.4 is 5.32 Å². The van der Waals surface area contributed by atoms with Gasteiger partial charge in [-0.25, -0.2) is 14.4 Å². The Morgan fingerprint density at radius 2 is 1.74 bits per heavy atom. The first-order valence-electron chi connectivity index (χ1n) is 9.28. The van der Waals surface area contributed by atoms with E-state index in [9.17, 15) is 9.18 Å². The van der Waals surface area contributed by atoms with E-state index in [1.165, 1.54) is 12.1 Å². The molecule has 2 unspecified atom stereocenters. The summed E-state index contributed by atoms with van der Waals surface area (Å²) in [7, 11) is 0. The number of amides is 1. The fourth-order valence-corrected chi connectivity index (χ4v) is 5.10. The maximum absolute atomic E-state index is 13.5. The first-order chi connectivity index (χ1) is 12.9. The second kappa shape index (κ2) is 5.35. The van der Waals surface area contributed by atoms with Gasteiger partial charge in [-0.05, 0) is 54.7 Å². The fraction of sp³-hybridized carbons (Fsp3) is 0.318. The number of hydrogen-bond donors (Lipinski definition) is 1. The average molecular weight is 361 g/mol. The topological polar surface area (TPSA) is 54.9 Å². The third kappa shape index (κ3) is 2.05. The summed E-state index contributed by atoms with van der Waals surface area (Å²) in [4.78, 5) is 23.3. The van der Waals surface area contributed by atoms with Gasteiger partial charge in [-0.2, -0.15) is 0 Å². The van der Waals surface area contributed by atoms with Crippen LogP contribution in [0.3, 0.4) is 0 Å². The molecule has 5 rings (SSSR count). The number of benzene rings is 2. The number of rotatable bonds is 2. The molecule has 0 saturated heterocycles. The number of carbonyl (C=O) groups excluding carboxylic acids is 1. The van der Waals surface area contributed by atoms with Crippen LogP contribution in [-0.2, 0) is 10.2 Å². The Kier molecular flexibility index (Phi) is 3.24.